The summed E-state index contributed by atoms with van der Waals surface area (Å²) in [6.45, 7) is 0. The van der Waals surface area contributed by atoms with Gasteiger partial charge < -0.3 is 0 Å². The van der Waals surface area contributed by atoms with E-state index in [0.29, 0.717) is 6.07 Å². The first-order chi connectivity index (χ1) is 22.6. The molecule has 0 radical (unpaired) electrons. The van der Waals surface area contributed by atoms with E-state index in [1.54, 1.807) is 0 Å². The molecule has 0 aliphatic heterocycles. The summed E-state index contributed by atoms with van der Waals surface area (Å²) in [6, 6.07) is 7.86. The summed E-state index contributed by atoms with van der Waals surface area (Å²) in [5.41, 5.74) is -19.2. The van der Waals surface area contributed by atoms with Gasteiger partial charge in [0.25, 0.3) is 0 Å². The fourth-order valence-corrected chi connectivity index (χ4v) is 4.63. The average molecular weight is 668 g/mol. The van der Waals surface area contributed by atoms with Gasteiger partial charge in [-0.25, -0.2) is 35.1 Å². The van der Waals surface area contributed by atoms with Crippen molar-refractivity contribution in [3.05, 3.63) is 120 Å². The Balaban J connectivity index is 2.35. The molecule has 234 valence electrons. The second-order valence-corrected chi connectivity index (χ2v) is 9.19. The molecule has 1 saturated carbocycles. The summed E-state index contributed by atoms with van der Waals surface area (Å²) in [5.74, 6) is -19.3. The van der Waals surface area contributed by atoms with Crippen molar-refractivity contribution in [2.45, 2.75) is 6.18 Å². The third-order valence-electron chi connectivity index (χ3n) is 6.75. The van der Waals surface area contributed by atoms with Crippen molar-refractivity contribution in [3.63, 3.8) is 0 Å². The Labute approximate surface area is 259 Å². The Morgan fingerprint density at radius 1 is 0.479 bits per heavy atom. The highest BCUT2D eigenvalue weighted by Crippen LogP contribution is 2.57. The topological polar surface area (TPSA) is 143 Å². The molecular formula is C31H3F11N6. The highest BCUT2D eigenvalue weighted by molar-refractivity contribution is 6.12. The minimum atomic E-state index is -5.38. The normalized spacial score (nSPS) is 15.2. The van der Waals surface area contributed by atoms with Gasteiger partial charge in [0.2, 0.25) is 0 Å². The number of benzene rings is 3. The number of hydrogen-bond donors (Lipinski definition) is 0. The van der Waals surface area contributed by atoms with Crippen molar-refractivity contribution in [1.82, 2.24) is 0 Å². The van der Waals surface area contributed by atoms with Crippen molar-refractivity contribution in [1.29, 1.82) is 31.6 Å². The first-order valence-electron chi connectivity index (χ1n) is 12.2. The van der Waals surface area contributed by atoms with Crippen molar-refractivity contribution in [3.8, 4) is 36.4 Å². The Morgan fingerprint density at radius 3 is 1.12 bits per heavy atom. The van der Waals surface area contributed by atoms with Gasteiger partial charge in [-0.3, -0.25) is 0 Å². The molecule has 48 heavy (non-hydrogen) atoms. The lowest BCUT2D eigenvalue weighted by molar-refractivity contribution is -0.137. The van der Waals surface area contributed by atoms with Crippen LogP contribution in [0.3, 0.4) is 0 Å². The van der Waals surface area contributed by atoms with Crippen LogP contribution in [0.15, 0.2) is 34.9 Å². The standard InChI is InChI=1S/C31H3F11N6/c32-23-15(8-47)24(33)28(37)21(27(23)36)13(6-45)19-18(12(5-44)11-2-1-10(4-43)3-17(11)31(40,41)42)20(19)14(7-46)22-29(38)25(34)16(9-48)26(35)30(22)39/h1-3H/b18-12-,19-13?,20-14-. The van der Waals surface area contributed by atoms with Crippen molar-refractivity contribution < 1.29 is 48.3 Å². The molecule has 0 atom stereocenters. The molecule has 0 spiro atoms. The second-order valence-electron chi connectivity index (χ2n) is 9.19. The lowest BCUT2D eigenvalue weighted by atomic mass is 9.96. The third-order valence-corrected chi connectivity index (χ3v) is 6.75. The summed E-state index contributed by atoms with van der Waals surface area (Å²) in [4.78, 5) is 0. The predicted octanol–water partition coefficient (Wildman–Crippen LogP) is 7.68. The quantitative estimate of drug-likeness (QED) is 0.159. The zero-order valence-electron chi connectivity index (χ0n) is 22.6. The lowest BCUT2D eigenvalue weighted by Gasteiger charge is -2.12. The molecule has 1 aliphatic carbocycles. The molecule has 0 N–H and O–H groups in total. The number of hydrogen-bond acceptors (Lipinski definition) is 6. The smallest absolute Gasteiger partial charge is 0.203 e. The molecule has 0 aromatic heterocycles. The van der Waals surface area contributed by atoms with Gasteiger partial charge in [-0.1, -0.05) is 6.07 Å². The van der Waals surface area contributed by atoms with Crippen LogP contribution in [0.4, 0.5) is 48.3 Å². The first-order valence-corrected chi connectivity index (χ1v) is 12.2. The lowest BCUT2D eigenvalue weighted by Crippen LogP contribution is -2.09. The molecular weight excluding hydrogens is 665 g/mol. The van der Waals surface area contributed by atoms with Crippen LogP contribution in [0.2, 0.25) is 0 Å². The van der Waals surface area contributed by atoms with Crippen LogP contribution in [-0.2, 0) is 6.18 Å². The van der Waals surface area contributed by atoms with E-state index >= 15 is 17.6 Å². The Bertz CT molecular complexity index is 2200. The number of rotatable bonds is 3. The summed E-state index contributed by atoms with van der Waals surface area (Å²) in [5, 5.41) is 56.5. The molecule has 17 heteroatoms. The van der Waals surface area contributed by atoms with Crippen LogP contribution in [0.5, 0.6) is 0 Å². The molecule has 4 rings (SSSR count). The highest BCUT2D eigenvalue weighted by Gasteiger charge is 2.46. The molecule has 0 heterocycles. The van der Waals surface area contributed by atoms with Crippen LogP contribution in [0.1, 0.15) is 38.9 Å². The van der Waals surface area contributed by atoms with Gasteiger partial charge in [0.1, 0.15) is 41.5 Å². The third kappa shape index (κ3) is 5.03. The SMILES string of the molecule is N#CC(=C1C(=C(\C#N)c2ccc(C#N)cc2C(F)(F)F)/C1=C(\C#N)c1c(F)c(F)c(C#N)c(F)c1F)c1c(F)c(F)c(C#N)c(F)c1F. The van der Waals surface area contributed by atoms with E-state index < -0.39 is 125 Å². The van der Waals surface area contributed by atoms with E-state index in [1.165, 1.54) is 12.1 Å². The maximum atomic E-state index is 15.1. The molecule has 3 aromatic rings. The van der Waals surface area contributed by atoms with Crippen molar-refractivity contribution in [2.75, 3.05) is 0 Å². The average Bonchev–Trinajstić information content (AvgIpc) is 3.77. The molecule has 0 bridgehead atoms. The maximum Gasteiger partial charge on any atom is 0.417 e. The highest BCUT2D eigenvalue weighted by atomic mass is 19.4. The van der Waals surface area contributed by atoms with E-state index in [-0.39, 0.29) is 6.07 Å². The molecule has 3 aromatic carbocycles. The van der Waals surface area contributed by atoms with Crippen LogP contribution in [-0.4, -0.2) is 0 Å². The van der Waals surface area contributed by atoms with Gasteiger partial charge in [-0.2, -0.15) is 44.7 Å². The number of alkyl halides is 3. The number of halogens is 11. The van der Waals surface area contributed by atoms with Crippen LogP contribution in [0, 0.1) is 115 Å². The monoisotopic (exact) mass is 668 g/mol. The Hall–Kier alpha value is -6.95. The fourth-order valence-electron chi connectivity index (χ4n) is 4.63. The zero-order valence-corrected chi connectivity index (χ0v) is 22.6. The van der Waals surface area contributed by atoms with Crippen LogP contribution in [0.25, 0.3) is 16.7 Å². The molecule has 1 aliphatic rings. The molecule has 0 saturated heterocycles. The van der Waals surface area contributed by atoms with Crippen molar-refractivity contribution in [2.24, 2.45) is 0 Å². The van der Waals surface area contributed by atoms with Gasteiger partial charge in [-0.05, 0) is 12.1 Å². The minimum Gasteiger partial charge on any atom is -0.203 e. The zero-order chi connectivity index (χ0) is 36.0. The van der Waals surface area contributed by atoms with Crippen molar-refractivity contribution >= 4 is 16.7 Å². The second kappa shape index (κ2) is 12.1. The Morgan fingerprint density at radius 2 is 0.833 bits per heavy atom. The van der Waals surface area contributed by atoms with Gasteiger partial charge in [0.05, 0.1) is 45.0 Å². The first kappa shape index (κ1) is 33.9. The van der Waals surface area contributed by atoms with Gasteiger partial charge >= 0.3 is 6.18 Å². The predicted molar refractivity (Wildman–Crippen MR) is 136 cm³/mol. The number of nitrogens with zero attached hydrogens (tertiary/aromatic N) is 6. The number of nitriles is 6. The van der Waals surface area contributed by atoms with Gasteiger partial charge in [0, 0.05) is 22.3 Å². The summed E-state index contributed by atoms with van der Waals surface area (Å²) in [7, 11) is 0. The van der Waals surface area contributed by atoms with Crippen LogP contribution < -0.4 is 0 Å². The summed E-state index contributed by atoms with van der Waals surface area (Å²) >= 11 is 0. The van der Waals surface area contributed by atoms with E-state index in [1.807, 2.05) is 0 Å². The number of allylic oxidation sites excluding steroid dienone is 6. The van der Waals surface area contributed by atoms with Gasteiger partial charge in [0.15, 0.2) is 46.5 Å². The molecule has 0 unspecified atom stereocenters. The maximum absolute atomic E-state index is 15.1. The largest absolute Gasteiger partial charge is 0.417 e. The van der Waals surface area contributed by atoms with E-state index in [9.17, 15) is 46.5 Å². The molecule has 6 nitrogen and oxygen atoms in total. The van der Waals surface area contributed by atoms with E-state index in [4.69, 9.17) is 15.8 Å². The minimum absolute atomic E-state index is 0.230. The van der Waals surface area contributed by atoms with Gasteiger partial charge in [-0.15, -0.1) is 0 Å². The fraction of sp³-hybridized carbons (Fsp3) is 0.0323. The molecule has 0 amide bonds. The van der Waals surface area contributed by atoms with E-state index in [0.717, 1.165) is 30.3 Å². The molecule has 1 fully saturated rings. The summed E-state index contributed by atoms with van der Waals surface area (Å²) in [6.07, 6.45) is -5.38. The Kier molecular flexibility index (Phi) is 8.55. The summed E-state index contributed by atoms with van der Waals surface area (Å²) < 4.78 is 161. The van der Waals surface area contributed by atoms with E-state index in [2.05, 4.69) is 0 Å². The van der Waals surface area contributed by atoms with Crippen LogP contribution >= 0.6 is 0 Å².